The van der Waals surface area contributed by atoms with Crippen LogP contribution in [0.2, 0.25) is 0 Å². The van der Waals surface area contributed by atoms with E-state index in [4.69, 9.17) is 10.2 Å². The molecule has 0 saturated heterocycles. The van der Waals surface area contributed by atoms with E-state index in [1.807, 2.05) is 20.8 Å². The summed E-state index contributed by atoms with van der Waals surface area (Å²) >= 11 is 0. The minimum atomic E-state index is -1.48. The molecule has 0 fully saturated rings. The minimum absolute atomic E-state index is 0.300. The van der Waals surface area contributed by atoms with E-state index in [2.05, 4.69) is 0 Å². The molecule has 0 unspecified atom stereocenters. The number of allylic oxidation sites excluding steroid dienone is 2. The first-order chi connectivity index (χ1) is 7.80. The maximum absolute atomic E-state index is 11.2. The lowest BCUT2D eigenvalue weighted by molar-refractivity contribution is 0.124. The van der Waals surface area contributed by atoms with Gasteiger partial charge < -0.3 is 10.2 Å². The maximum atomic E-state index is 11.2. The first-order valence-electron chi connectivity index (χ1n) is 5.78. The first kappa shape index (κ1) is 16.5. The van der Waals surface area contributed by atoms with Crippen LogP contribution in [0.25, 0.3) is 0 Å². The van der Waals surface area contributed by atoms with Crippen LogP contribution in [0.3, 0.4) is 0 Å². The quantitative estimate of drug-likeness (QED) is 0.744. The molecule has 0 bridgehead atoms. The third-order valence-electron chi connectivity index (χ3n) is 2.80. The minimum Gasteiger partial charge on any atom is -0.464 e. The molecule has 0 rings (SSSR count). The summed E-state index contributed by atoms with van der Waals surface area (Å²) in [5, 5.41) is 18.2. The van der Waals surface area contributed by atoms with Gasteiger partial charge in [0.1, 0.15) is 0 Å². The lowest BCUT2D eigenvalue weighted by Crippen LogP contribution is -2.40. The summed E-state index contributed by atoms with van der Waals surface area (Å²) in [7, 11) is 0. The Morgan fingerprint density at radius 1 is 0.833 bits per heavy atom. The molecule has 0 aliphatic rings. The molecule has 0 spiro atoms. The molecule has 2 N–H and O–H groups in total. The summed E-state index contributed by atoms with van der Waals surface area (Å²) < 4.78 is 0. The van der Waals surface area contributed by atoms with Crippen LogP contribution in [0.5, 0.6) is 0 Å². The highest BCUT2D eigenvalue weighted by atomic mass is 16.4. The largest absolute Gasteiger partial charge is 0.464 e. The highest BCUT2D eigenvalue weighted by Gasteiger charge is 2.36. The van der Waals surface area contributed by atoms with Gasteiger partial charge in [0.15, 0.2) is 0 Å². The van der Waals surface area contributed by atoms with Crippen molar-refractivity contribution in [2.75, 3.05) is 0 Å². The van der Waals surface area contributed by atoms with Crippen molar-refractivity contribution in [3.63, 3.8) is 0 Å². The fourth-order valence-electron chi connectivity index (χ4n) is 1.69. The lowest BCUT2D eigenvalue weighted by Gasteiger charge is -2.34. The fraction of sp³-hybridized carbons (Fsp3) is 0.692. The molecule has 0 radical (unpaired) electrons. The standard InChI is InChI=1S/C13H23NO4/c1-8(12(2,3)4)9(13(5,6)7)14(10(15)16)11(17)18/h1-7H3,(H,15,16)(H,17,18)/b9-8+. The van der Waals surface area contributed by atoms with Gasteiger partial charge in [-0.2, -0.15) is 4.90 Å². The average molecular weight is 257 g/mol. The molecule has 5 nitrogen and oxygen atoms in total. The van der Waals surface area contributed by atoms with Crippen molar-refractivity contribution in [1.29, 1.82) is 0 Å². The lowest BCUT2D eigenvalue weighted by atomic mass is 9.79. The summed E-state index contributed by atoms with van der Waals surface area (Å²) in [6.45, 7) is 13.0. The Hall–Kier alpha value is -1.52. The van der Waals surface area contributed by atoms with Crippen LogP contribution in [-0.2, 0) is 0 Å². The van der Waals surface area contributed by atoms with E-state index in [0.717, 1.165) is 5.57 Å². The van der Waals surface area contributed by atoms with Gasteiger partial charge in [0.05, 0.1) is 0 Å². The van der Waals surface area contributed by atoms with Gasteiger partial charge in [-0.25, -0.2) is 9.59 Å². The molecular weight excluding hydrogens is 234 g/mol. The van der Waals surface area contributed by atoms with Gasteiger partial charge in [-0.3, -0.25) is 0 Å². The third kappa shape index (κ3) is 3.75. The molecular formula is C13H23NO4. The van der Waals surface area contributed by atoms with Crippen LogP contribution in [0.1, 0.15) is 48.5 Å². The number of nitrogens with zero attached hydrogens (tertiary/aromatic N) is 1. The van der Waals surface area contributed by atoms with Crippen molar-refractivity contribution >= 4 is 12.2 Å². The smallest absolute Gasteiger partial charge is 0.421 e. The summed E-state index contributed by atoms with van der Waals surface area (Å²) in [6.07, 6.45) is -2.95. The molecule has 0 saturated carbocycles. The number of carbonyl (C=O) groups is 2. The molecule has 0 heterocycles. The Morgan fingerprint density at radius 3 is 1.33 bits per heavy atom. The summed E-state index contributed by atoms with van der Waals surface area (Å²) in [5.74, 6) is 0. The molecule has 0 aliphatic carbocycles. The Labute approximate surface area is 108 Å². The molecule has 0 aromatic rings. The summed E-state index contributed by atoms with van der Waals surface area (Å²) in [4.78, 5) is 22.8. The monoisotopic (exact) mass is 257 g/mol. The Kier molecular flexibility index (Phi) is 4.58. The van der Waals surface area contributed by atoms with Crippen molar-refractivity contribution < 1.29 is 19.8 Å². The molecule has 0 aromatic carbocycles. The third-order valence-corrected chi connectivity index (χ3v) is 2.80. The summed E-state index contributed by atoms with van der Waals surface area (Å²) in [5.41, 5.74) is 0.190. The van der Waals surface area contributed by atoms with Crippen LogP contribution < -0.4 is 0 Å². The van der Waals surface area contributed by atoms with E-state index in [1.54, 1.807) is 27.7 Å². The SMILES string of the molecule is C/C(=C(\N(C(=O)O)C(=O)O)C(C)(C)C)C(C)(C)C. The van der Waals surface area contributed by atoms with E-state index in [0.29, 0.717) is 10.6 Å². The molecule has 2 amide bonds. The molecule has 0 atom stereocenters. The predicted octanol–water partition coefficient (Wildman–Crippen LogP) is 4.01. The van der Waals surface area contributed by atoms with Crippen molar-refractivity contribution in [2.24, 2.45) is 10.8 Å². The Morgan fingerprint density at radius 2 is 1.17 bits per heavy atom. The Bertz CT molecular complexity index is 369. The van der Waals surface area contributed by atoms with Crippen LogP contribution >= 0.6 is 0 Å². The van der Waals surface area contributed by atoms with Gasteiger partial charge in [0.2, 0.25) is 0 Å². The zero-order chi connectivity index (χ0) is 14.9. The van der Waals surface area contributed by atoms with E-state index in [1.165, 1.54) is 0 Å². The van der Waals surface area contributed by atoms with Crippen molar-refractivity contribution in [3.8, 4) is 0 Å². The van der Waals surface area contributed by atoms with Gasteiger partial charge in [0.25, 0.3) is 0 Å². The second-order valence-electron chi connectivity index (χ2n) is 6.37. The first-order valence-corrected chi connectivity index (χ1v) is 5.78. The average Bonchev–Trinajstić information content (AvgIpc) is 2.07. The van der Waals surface area contributed by atoms with Gasteiger partial charge in [-0.1, -0.05) is 41.5 Å². The fourth-order valence-corrected chi connectivity index (χ4v) is 1.69. The number of carboxylic acid groups (broad SMARTS) is 2. The zero-order valence-electron chi connectivity index (χ0n) is 12.2. The van der Waals surface area contributed by atoms with Crippen molar-refractivity contribution in [3.05, 3.63) is 11.3 Å². The predicted molar refractivity (Wildman–Crippen MR) is 69.5 cm³/mol. The van der Waals surface area contributed by atoms with E-state index in [-0.39, 0.29) is 5.41 Å². The second kappa shape index (κ2) is 5.00. The van der Waals surface area contributed by atoms with Crippen LogP contribution in [-0.4, -0.2) is 27.3 Å². The van der Waals surface area contributed by atoms with E-state index >= 15 is 0 Å². The number of hydrogen-bond donors (Lipinski definition) is 2. The van der Waals surface area contributed by atoms with Crippen LogP contribution in [0.15, 0.2) is 11.3 Å². The van der Waals surface area contributed by atoms with E-state index < -0.39 is 17.6 Å². The molecule has 0 aromatic heterocycles. The number of rotatable bonds is 1. The molecule has 5 heteroatoms. The number of imide groups is 1. The van der Waals surface area contributed by atoms with E-state index in [9.17, 15) is 9.59 Å². The highest BCUT2D eigenvalue weighted by molar-refractivity contribution is 5.88. The van der Waals surface area contributed by atoms with Crippen molar-refractivity contribution in [2.45, 2.75) is 48.5 Å². The Balaban J connectivity index is 6.12. The summed E-state index contributed by atoms with van der Waals surface area (Å²) in [6, 6.07) is 0. The van der Waals surface area contributed by atoms with Crippen LogP contribution in [0, 0.1) is 10.8 Å². The van der Waals surface area contributed by atoms with Gasteiger partial charge in [-0.15, -0.1) is 0 Å². The maximum Gasteiger partial charge on any atom is 0.421 e. The van der Waals surface area contributed by atoms with Gasteiger partial charge >= 0.3 is 12.2 Å². The molecule has 18 heavy (non-hydrogen) atoms. The molecule has 104 valence electrons. The van der Waals surface area contributed by atoms with Crippen LogP contribution in [0.4, 0.5) is 9.59 Å². The molecule has 0 aliphatic heterocycles. The second-order valence-corrected chi connectivity index (χ2v) is 6.37. The van der Waals surface area contributed by atoms with Gasteiger partial charge in [-0.05, 0) is 17.9 Å². The number of amides is 2. The number of hydrogen-bond acceptors (Lipinski definition) is 2. The van der Waals surface area contributed by atoms with Crippen molar-refractivity contribution in [1.82, 2.24) is 4.90 Å². The topological polar surface area (TPSA) is 77.8 Å². The zero-order valence-corrected chi connectivity index (χ0v) is 12.2. The normalized spacial score (nSPS) is 13.9. The van der Waals surface area contributed by atoms with Gasteiger partial charge in [0, 0.05) is 11.1 Å². The highest BCUT2D eigenvalue weighted by Crippen LogP contribution is 2.38.